The van der Waals surface area contributed by atoms with E-state index in [2.05, 4.69) is 15.3 Å². The van der Waals surface area contributed by atoms with Gasteiger partial charge in [0.05, 0.1) is 23.5 Å². The zero-order chi connectivity index (χ0) is 15.5. The minimum atomic E-state index is -0.174. The van der Waals surface area contributed by atoms with E-state index in [1.165, 1.54) is 0 Å². The van der Waals surface area contributed by atoms with Crippen LogP contribution >= 0.6 is 11.6 Å². The van der Waals surface area contributed by atoms with Gasteiger partial charge in [-0.1, -0.05) is 35.9 Å². The molecule has 3 rings (SSSR count). The Bertz CT molecular complexity index is 762. The summed E-state index contributed by atoms with van der Waals surface area (Å²) in [4.78, 5) is 19.8. The van der Waals surface area contributed by atoms with Crippen LogP contribution in [0.1, 0.15) is 24.4 Å². The molecule has 4 nitrogen and oxygen atoms in total. The van der Waals surface area contributed by atoms with Crippen LogP contribution in [0.4, 0.5) is 0 Å². The third-order valence-electron chi connectivity index (χ3n) is 3.47. The van der Waals surface area contributed by atoms with E-state index in [4.69, 9.17) is 11.6 Å². The lowest BCUT2D eigenvalue weighted by molar-refractivity contribution is -0.121. The van der Waals surface area contributed by atoms with Crippen LogP contribution in [0, 0.1) is 0 Å². The highest BCUT2D eigenvalue weighted by atomic mass is 35.5. The summed E-state index contributed by atoms with van der Waals surface area (Å²) in [5.41, 5.74) is 2.80. The summed E-state index contributed by atoms with van der Waals surface area (Å²) in [6.45, 7) is 1.91. The Hall–Kier alpha value is -2.33. The normalized spacial score (nSPS) is 12.3. The molecule has 0 aliphatic carbocycles. The molecule has 1 aromatic heterocycles. The highest BCUT2D eigenvalue weighted by molar-refractivity contribution is 6.30. The number of aromatic nitrogens is 2. The van der Waals surface area contributed by atoms with Crippen LogP contribution in [-0.4, -0.2) is 15.9 Å². The zero-order valence-corrected chi connectivity index (χ0v) is 12.9. The number of hydrogen-bond donors (Lipinski definition) is 2. The number of halogens is 1. The second-order valence-corrected chi connectivity index (χ2v) is 5.67. The molecule has 22 heavy (non-hydrogen) atoms. The fourth-order valence-corrected chi connectivity index (χ4v) is 2.45. The van der Waals surface area contributed by atoms with Crippen molar-refractivity contribution in [3.63, 3.8) is 0 Å². The maximum absolute atomic E-state index is 12.1. The summed E-state index contributed by atoms with van der Waals surface area (Å²) >= 11 is 5.84. The van der Waals surface area contributed by atoms with E-state index in [1.807, 2.05) is 43.3 Å². The van der Waals surface area contributed by atoms with Crippen molar-refractivity contribution in [1.29, 1.82) is 0 Å². The Kier molecular flexibility index (Phi) is 4.11. The Morgan fingerprint density at radius 3 is 2.68 bits per heavy atom. The lowest BCUT2D eigenvalue weighted by Gasteiger charge is -2.11. The van der Waals surface area contributed by atoms with E-state index in [9.17, 15) is 4.79 Å². The molecule has 0 spiro atoms. The molecular formula is C17H16ClN3O. The number of rotatable bonds is 4. The molecule has 2 N–H and O–H groups in total. The molecule has 0 saturated heterocycles. The van der Waals surface area contributed by atoms with Gasteiger partial charge in [-0.3, -0.25) is 4.79 Å². The summed E-state index contributed by atoms with van der Waals surface area (Å²) in [5.74, 6) is 0.709. The largest absolute Gasteiger partial charge is 0.346 e. The molecular weight excluding hydrogens is 298 g/mol. The molecule has 1 amide bonds. The van der Waals surface area contributed by atoms with E-state index in [1.54, 1.807) is 12.1 Å². The minimum absolute atomic E-state index is 0.0460. The smallest absolute Gasteiger partial charge is 0.224 e. The molecule has 0 radical (unpaired) electrons. The monoisotopic (exact) mass is 313 g/mol. The first-order valence-corrected chi connectivity index (χ1v) is 7.48. The first-order valence-electron chi connectivity index (χ1n) is 7.10. The van der Waals surface area contributed by atoms with Gasteiger partial charge in [-0.25, -0.2) is 4.98 Å². The number of imidazole rings is 1. The highest BCUT2D eigenvalue weighted by Gasteiger charge is 2.13. The molecule has 0 saturated carbocycles. The maximum Gasteiger partial charge on any atom is 0.224 e. The summed E-state index contributed by atoms with van der Waals surface area (Å²) in [6.07, 6.45) is 0.321. The molecule has 112 valence electrons. The first kappa shape index (κ1) is 14.6. The Balaban J connectivity index is 1.66. The second-order valence-electron chi connectivity index (χ2n) is 5.23. The lowest BCUT2D eigenvalue weighted by atomic mass is 10.1. The van der Waals surface area contributed by atoms with Crippen molar-refractivity contribution in [2.24, 2.45) is 0 Å². The SMILES string of the molecule is C[C@H](NC(=O)Cc1ccc(Cl)cc1)c1nc2ccccc2[nH]1. The molecule has 3 aromatic rings. The predicted octanol–water partition coefficient (Wildman–Crippen LogP) is 3.64. The van der Waals surface area contributed by atoms with E-state index in [-0.39, 0.29) is 11.9 Å². The topological polar surface area (TPSA) is 57.8 Å². The van der Waals surface area contributed by atoms with Gasteiger partial charge in [-0.2, -0.15) is 0 Å². The number of H-pyrrole nitrogens is 1. The number of carbonyl (C=O) groups excluding carboxylic acids is 1. The second kappa shape index (κ2) is 6.20. The maximum atomic E-state index is 12.1. The number of para-hydroxylation sites is 2. The zero-order valence-electron chi connectivity index (χ0n) is 12.1. The van der Waals surface area contributed by atoms with E-state index >= 15 is 0 Å². The molecule has 2 aromatic carbocycles. The Morgan fingerprint density at radius 1 is 1.23 bits per heavy atom. The van der Waals surface area contributed by atoms with Gasteiger partial charge in [0.2, 0.25) is 5.91 Å². The van der Waals surface area contributed by atoms with E-state index in [0.29, 0.717) is 11.4 Å². The third-order valence-corrected chi connectivity index (χ3v) is 3.73. The lowest BCUT2D eigenvalue weighted by Crippen LogP contribution is -2.28. The molecule has 0 unspecified atom stereocenters. The number of benzene rings is 2. The van der Waals surface area contributed by atoms with Crippen molar-refractivity contribution in [2.45, 2.75) is 19.4 Å². The van der Waals surface area contributed by atoms with Gasteiger partial charge in [0.1, 0.15) is 5.82 Å². The molecule has 0 fully saturated rings. The van der Waals surface area contributed by atoms with Crippen molar-refractivity contribution < 1.29 is 4.79 Å². The first-order chi connectivity index (χ1) is 10.6. The fourth-order valence-electron chi connectivity index (χ4n) is 2.33. The third kappa shape index (κ3) is 3.28. The van der Waals surface area contributed by atoms with Crippen molar-refractivity contribution in [2.75, 3.05) is 0 Å². The van der Waals surface area contributed by atoms with Crippen molar-refractivity contribution in [3.05, 3.63) is 64.9 Å². The van der Waals surface area contributed by atoms with E-state index in [0.717, 1.165) is 22.4 Å². The summed E-state index contributed by atoms with van der Waals surface area (Å²) < 4.78 is 0. The number of nitrogens with one attached hydrogen (secondary N) is 2. The van der Waals surface area contributed by atoms with Crippen LogP contribution in [0.2, 0.25) is 5.02 Å². The van der Waals surface area contributed by atoms with E-state index < -0.39 is 0 Å². The number of fused-ring (bicyclic) bond motifs is 1. The number of amides is 1. The van der Waals surface area contributed by atoms with Gasteiger partial charge >= 0.3 is 0 Å². The summed E-state index contributed by atoms with van der Waals surface area (Å²) in [5, 5.41) is 3.62. The van der Waals surface area contributed by atoms with Gasteiger partial charge in [-0.05, 0) is 36.8 Å². The van der Waals surface area contributed by atoms with Crippen molar-refractivity contribution in [1.82, 2.24) is 15.3 Å². The average Bonchev–Trinajstić information content (AvgIpc) is 2.93. The van der Waals surface area contributed by atoms with Gasteiger partial charge in [-0.15, -0.1) is 0 Å². The number of hydrogen-bond acceptors (Lipinski definition) is 2. The molecule has 0 aliphatic rings. The number of carbonyl (C=O) groups is 1. The Morgan fingerprint density at radius 2 is 1.95 bits per heavy atom. The fraction of sp³-hybridized carbons (Fsp3) is 0.176. The molecule has 5 heteroatoms. The predicted molar refractivity (Wildman–Crippen MR) is 87.8 cm³/mol. The Labute approximate surface area is 133 Å². The van der Waals surface area contributed by atoms with Gasteiger partial charge in [0, 0.05) is 5.02 Å². The highest BCUT2D eigenvalue weighted by Crippen LogP contribution is 2.16. The summed E-state index contributed by atoms with van der Waals surface area (Å²) in [7, 11) is 0. The van der Waals surface area contributed by atoms with Gasteiger partial charge in [0.25, 0.3) is 0 Å². The molecule has 0 bridgehead atoms. The van der Waals surface area contributed by atoms with Crippen molar-refractivity contribution >= 4 is 28.5 Å². The average molecular weight is 314 g/mol. The molecule has 1 heterocycles. The molecule has 1 atom stereocenters. The number of nitrogens with zero attached hydrogens (tertiary/aromatic N) is 1. The minimum Gasteiger partial charge on any atom is -0.346 e. The van der Waals surface area contributed by atoms with Crippen molar-refractivity contribution in [3.8, 4) is 0 Å². The quantitative estimate of drug-likeness (QED) is 0.772. The standard InChI is InChI=1S/C17H16ClN3O/c1-11(17-20-14-4-2-3-5-15(14)21-17)19-16(22)10-12-6-8-13(18)9-7-12/h2-9,11H,10H2,1H3,(H,19,22)(H,20,21)/t11-/m0/s1. The van der Waals surface area contributed by atoms with Crippen LogP contribution in [-0.2, 0) is 11.2 Å². The van der Waals surface area contributed by atoms with Crippen LogP contribution in [0.5, 0.6) is 0 Å². The van der Waals surface area contributed by atoms with Crippen LogP contribution in [0.25, 0.3) is 11.0 Å². The number of aromatic amines is 1. The van der Waals surface area contributed by atoms with Crippen LogP contribution in [0.3, 0.4) is 0 Å². The van der Waals surface area contributed by atoms with Gasteiger partial charge in [0.15, 0.2) is 0 Å². The summed E-state index contributed by atoms with van der Waals surface area (Å²) in [6, 6.07) is 14.9. The van der Waals surface area contributed by atoms with Crippen LogP contribution in [0.15, 0.2) is 48.5 Å². The molecule has 0 aliphatic heterocycles. The van der Waals surface area contributed by atoms with Gasteiger partial charge < -0.3 is 10.3 Å². The van der Waals surface area contributed by atoms with Crippen LogP contribution < -0.4 is 5.32 Å².